The van der Waals surface area contributed by atoms with Gasteiger partial charge >= 0.3 is 0 Å². The highest BCUT2D eigenvalue weighted by atomic mass is 19.1. The molecular formula is C24H27FN6O. The summed E-state index contributed by atoms with van der Waals surface area (Å²) in [6.45, 7) is 4.46. The second-order valence-electron chi connectivity index (χ2n) is 7.97. The molecule has 0 bridgehead atoms. The fraction of sp³-hybridized carbons (Fsp3) is 0.333. The van der Waals surface area contributed by atoms with Gasteiger partial charge in [0, 0.05) is 29.4 Å². The number of hydrogen-bond acceptors (Lipinski definition) is 6. The molecular weight excluding hydrogens is 407 g/mol. The van der Waals surface area contributed by atoms with Crippen molar-refractivity contribution in [3.05, 3.63) is 59.9 Å². The highest BCUT2D eigenvalue weighted by Gasteiger charge is 2.19. The largest absolute Gasteiger partial charge is 0.384 e. The van der Waals surface area contributed by atoms with Gasteiger partial charge in [0.15, 0.2) is 0 Å². The molecule has 7 nitrogen and oxygen atoms in total. The second-order valence-corrected chi connectivity index (χ2v) is 7.97. The molecule has 2 aromatic heterocycles. The Morgan fingerprint density at radius 3 is 2.62 bits per heavy atom. The molecule has 0 spiro atoms. The highest BCUT2D eigenvalue weighted by molar-refractivity contribution is 5.95. The van der Waals surface area contributed by atoms with Crippen molar-refractivity contribution in [3.63, 3.8) is 0 Å². The highest BCUT2D eigenvalue weighted by Crippen LogP contribution is 2.33. The van der Waals surface area contributed by atoms with E-state index in [2.05, 4.69) is 25.6 Å². The van der Waals surface area contributed by atoms with Gasteiger partial charge in [-0.2, -0.15) is 0 Å². The number of piperidine rings is 1. The van der Waals surface area contributed by atoms with Crippen molar-refractivity contribution in [1.29, 1.82) is 0 Å². The van der Waals surface area contributed by atoms with Gasteiger partial charge in [0.25, 0.3) is 5.91 Å². The van der Waals surface area contributed by atoms with Gasteiger partial charge in [0.05, 0.1) is 17.0 Å². The minimum Gasteiger partial charge on any atom is -0.384 e. The number of carbonyl (C=O) groups is 1. The van der Waals surface area contributed by atoms with Gasteiger partial charge in [-0.15, -0.1) is 0 Å². The number of nitrogens with zero attached hydrogens (tertiary/aromatic N) is 3. The van der Waals surface area contributed by atoms with Gasteiger partial charge in [-0.05, 0) is 62.5 Å². The van der Waals surface area contributed by atoms with E-state index in [0.29, 0.717) is 36.0 Å². The molecule has 1 saturated heterocycles. The van der Waals surface area contributed by atoms with E-state index in [1.54, 1.807) is 18.3 Å². The fourth-order valence-corrected chi connectivity index (χ4v) is 4.03. The van der Waals surface area contributed by atoms with Crippen LogP contribution < -0.4 is 16.4 Å². The molecule has 4 N–H and O–H groups in total. The van der Waals surface area contributed by atoms with Crippen molar-refractivity contribution in [1.82, 2.24) is 25.6 Å². The van der Waals surface area contributed by atoms with Gasteiger partial charge in [-0.3, -0.25) is 4.79 Å². The lowest BCUT2D eigenvalue weighted by molar-refractivity contribution is 0.0940. The summed E-state index contributed by atoms with van der Waals surface area (Å²) in [5.74, 6) is -0.140. The first-order valence-electron chi connectivity index (χ1n) is 10.9. The van der Waals surface area contributed by atoms with Crippen molar-refractivity contribution >= 4 is 11.7 Å². The average molecular weight is 435 g/mol. The van der Waals surface area contributed by atoms with E-state index in [1.165, 1.54) is 18.5 Å². The minimum atomic E-state index is -0.580. The average Bonchev–Trinajstić information content (AvgIpc) is 2.83. The summed E-state index contributed by atoms with van der Waals surface area (Å²) in [5.41, 5.74) is 9.33. The molecule has 0 saturated carbocycles. The molecule has 3 aromatic rings. The standard InChI is InChI=1S/C24H27FN6O/c1-2-20-22(17-4-6-21(26)28-13-17)23(31-14-30-20)16-3-5-18(19(25)11-16)24(32)29-12-15-7-9-27-10-8-15/h3-6,11,13-15,27H,2,7-10,12H2,1H3,(H2,26,28)(H,29,32). The molecule has 0 aliphatic carbocycles. The quantitative estimate of drug-likeness (QED) is 0.550. The lowest BCUT2D eigenvalue weighted by Gasteiger charge is -2.22. The van der Waals surface area contributed by atoms with Crippen LogP contribution in [0.3, 0.4) is 0 Å². The number of anilines is 1. The maximum absolute atomic E-state index is 15.0. The van der Waals surface area contributed by atoms with Crippen LogP contribution in [-0.2, 0) is 6.42 Å². The molecule has 4 rings (SSSR count). The molecule has 1 aliphatic rings. The number of aromatic nitrogens is 3. The first-order valence-corrected chi connectivity index (χ1v) is 10.9. The Morgan fingerprint density at radius 1 is 1.16 bits per heavy atom. The van der Waals surface area contributed by atoms with E-state index in [0.717, 1.165) is 42.8 Å². The Bertz CT molecular complexity index is 1100. The molecule has 1 aromatic carbocycles. The predicted octanol–water partition coefficient (Wildman–Crippen LogP) is 3.22. The van der Waals surface area contributed by atoms with Crippen LogP contribution in [0.1, 0.15) is 35.8 Å². The van der Waals surface area contributed by atoms with Gasteiger partial charge in [-0.25, -0.2) is 19.3 Å². The third-order valence-corrected chi connectivity index (χ3v) is 5.83. The van der Waals surface area contributed by atoms with Crippen LogP contribution in [0.15, 0.2) is 42.9 Å². The van der Waals surface area contributed by atoms with E-state index in [-0.39, 0.29) is 5.56 Å². The zero-order valence-electron chi connectivity index (χ0n) is 18.1. The van der Waals surface area contributed by atoms with Gasteiger partial charge in [0.2, 0.25) is 0 Å². The number of pyridine rings is 1. The lowest BCUT2D eigenvalue weighted by atomic mass is 9.96. The van der Waals surface area contributed by atoms with E-state index in [1.807, 2.05) is 13.0 Å². The monoisotopic (exact) mass is 434 g/mol. The van der Waals surface area contributed by atoms with E-state index in [9.17, 15) is 9.18 Å². The Morgan fingerprint density at radius 2 is 1.94 bits per heavy atom. The SMILES string of the molecule is CCc1ncnc(-c2ccc(C(=O)NCC3CCNCC3)c(F)c2)c1-c1ccc(N)nc1. The smallest absolute Gasteiger partial charge is 0.254 e. The van der Waals surface area contributed by atoms with Gasteiger partial charge in [0.1, 0.15) is 18.0 Å². The molecule has 0 atom stereocenters. The van der Waals surface area contributed by atoms with Gasteiger partial charge < -0.3 is 16.4 Å². The van der Waals surface area contributed by atoms with E-state index >= 15 is 0 Å². The normalized spacial score (nSPS) is 14.3. The zero-order chi connectivity index (χ0) is 22.5. The summed E-state index contributed by atoms with van der Waals surface area (Å²) >= 11 is 0. The fourth-order valence-electron chi connectivity index (χ4n) is 4.03. The van der Waals surface area contributed by atoms with Gasteiger partial charge in [-0.1, -0.05) is 13.0 Å². The van der Waals surface area contributed by atoms with Crippen LogP contribution in [0.4, 0.5) is 10.2 Å². The molecule has 0 radical (unpaired) electrons. The zero-order valence-corrected chi connectivity index (χ0v) is 18.1. The Labute approximate surface area is 186 Å². The third kappa shape index (κ3) is 4.75. The topological polar surface area (TPSA) is 106 Å². The molecule has 3 heterocycles. The number of benzene rings is 1. The van der Waals surface area contributed by atoms with Crippen LogP contribution in [0.5, 0.6) is 0 Å². The van der Waals surface area contributed by atoms with Crippen LogP contribution in [0, 0.1) is 11.7 Å². The maximum atomic E-state index is 15.0. The predicted molar refractivity (Wildman–Crippen MR) is 122 cm³/mol. The number of nitrogens with one attached hydrogen (secondary N) is 2. The van der Waals surface area contributed by atoms with E-state index < -0.39 is 11.7 Å². The molecule has 8 heteroatoms. The molecule has 32 heavy (non-hydrogen) atoms. The maximum Gasteiger partial charge on any atom is 0.254 e. The van der Waals surface area contributed by atoms with Crippen molar-refractivity contribution in [3.8, 4) is 22.4 Å². The summed E-state index contributed by atoms with van der Waals surface area (Å²) < 4.78 is 15.0. The van der Waals surface area contributed by atoms with Crippen LogP contribution in [0.25, 0.3) is 22.4 Å². The number of aryl methyl sites for hydroxylation is 1. The summed E-state index contributed by atoms with van der Waals surface area (Å²) in [4.78, 5) is 25.5. The number of nitrogens with two attached hydrogens (primary N) is 1. The molecule has 1 aliphatic heterocycles. The number of rotatable bonds is 6. The first-order chi connectivity index (χ1) is 15.6. The number of hydrogen-bond donors (Lipinski definition) is 3. The van der Waals surface area contributed by atoms with Crippen molar-refractivity contribution in [2.75, 3.05) is 25.4 Å². The van der Waals surface area contributed by atoms with Crippen molar-refractivity contribution in [2.24, 2.45) is 5.92 Å². The summed E-state index contributed by atoms with van der Waals surface area (Å²) in [6, 6.07) is 8.15. The van der Waals surface area contributed by atoms with Crippen molar-refractivity contribution < 1.29 is 9.18 Å². The number of nitrogen functional groups attached to an aromatic ring is 1. The summed E-state index contributed by atoms with van der Waals surface area (Å²) in [7, 11) is 0. The van der Waals surface area contributed by atoms with Crippen LogP contribution in [-0.4, -0.2) is 40.5 Å². The second kappa shape index (κ2) is 9.82. The van der Waals surface area contributed by atoms with Crippen molar-refractivity contribution in [2.45, 2.75) is 26.2 Å². The molecule has 0 unspecified atom stereocenters. The number of halogens is 1. The first kappa shape index (κ1) is 21.8. The molecule has 1 fully saturated rings. The number of amides is 1. The van der Waals surface area contributed by atoms with Crippen LogP contribution in [0.2, 0.25) is 0 Å². The minimum absolute atomic E-state index is 0.0307. The Hall–Kier alpha value is -3.39. The lowest BCUT2D eigenvalue weighted by Crippen LogP contribution is -2.36. The molecule has 1 amide bonds. The Balaban J connectivity index is 1.61. The molecule has 166 valence electrons. The van der Waals surface area contributed by atoms with E-state index in [4.69, 9.17) is 5.73 Å². The summed E-state index contributed by atoms with van der Waals surface area (Å²) in [5, 5.41) is 6.18. The number of carbonyl (C=O) groups excluding carboxylic acids is 1. The van der Waals surface area contributed by atoms with Crippen LogP contribution >= 0.6 is 0 Å². The third-order valence-electron chi connectivity index (χ3n) is 5.83. The summed E-state index contributed by atoms with van der Waals surface area (Å²) in [6.07, 6.45) is 5.83. The Kier molecular flexibility index (Phi) is 6.70.